The Bertz CT molecular complexity index is 2620. The lowest BCUT2D eigenvalue weighted by molar-refractivity contribution is -0.135. The summed E-state index contributed by atoms with van der Waals surface area (Å²) in [6, 6.07) is 7.42. The summed E-state index contributed by atoms with van der Waals surface area (Å²) in [5.41, 5.74) is 13.8. The molecule has 76 heavy (non-hydrogen) atoms. The van der Waals surface area contributed by atoms with Crippen molar-refractivity contribution in [2.75, 3.05) is 24.6 Å². The Morgan fingerprint density at radius 2 is 1.43 bits per heavy atom. The SMILES string of the molecule is CCCC[C@H](NC(C)=O)C(=O)N[C@@H]1CSSC[C@@H](C(N)=O)NC(=O)[C@H](Cc2c[nH]c3ccccc23)NC(=O)[C@H](CCCNC(=N)N)NC(=O)[C@@H](Cc2ccccc2)NC(=O)[C@H](Cc2c[nH]cn2)NC(=O)CCCNC1=O. The topological polar surface area (TPSA) is 382 Å². The number of nitrogens with zero attached hydrogens (tertiary/aromatic N) is 1. The lowest BCUT2D eigenvalue weighted by atomic mass is 10.0. The molecule has 26 heteroatoms. The second-order valence-electron chi connectivity index (χ2n) is 18.2. The van der Waals surface area contributed by atoms with Crippen molar-refractivity contribution in [2.45, 2.75) is 120 Å². The lowest BCUT2D eigenvalue weighted by Gasteiger charge is -2.27. The van der Waals surface area contributed by atoms with E-state index in [1.165, 1.54) is 13.3 Å². The minimum Gasteiger partial charge on any atom is -0.370 e. The third-order valence-electron chi connectivity index (χ3n) is 12.2. The number of unbranched alkanes of at least 4 members (excludes halogenated alkanes) is 1. The van der Waals surface area contributed by atoms with Gasteiger partial charge in [-0.15, -0.1) is 0 Å². The molecule has 1 fully saturated rings. The van der Waals surface area contributed by atoms with Gasteiger partial charge >= 0.3 is 0 Å². The first-order valence-corrected chi connectivity index (χ1v) is 27.5. The van der Waals surface area contributed by atoms with Crippen LogP contribution in [0, 0.1) is 5.41 Å². The summed E-state index contributed by atoms with van der Waals surface area (Å²) in [4.78, 5) is 134. The number of guanidine groups is 1. The highest BCUT2D eigenvalue weighted by Crippen LogP contribution is 2.24. The Balaban J connectivity index is 1.51. The number of carbonyl (C=O) groups is 9. The standard InChI is InChI=1S/C50H69N15O9S2/c1-3-4-15-35(59-29(2)66)45(70)65-41-27-76-75-26-40(43(51)68)64-48(73)38(22-31-24-57-34-16-9-8-14-33(31)34)63-46(71)36(17-10-20-56-50(52)53)61-47(72)37(21-30-12-6-5-7-13-30)62-49(74)39(23-32-25-54-28-58-32)60-42(67)18-11-19-55-44(41)69/h5-9,12-14,16,24-25,28,35-41,57H,3-4,10-11,15,17-23,26-27H2,1-2H3,(H2,51,68)(H,54,58)(H,55,69)(H,59,66)(H,60,67)(H,61,72)(H,62,74)(H,63,71)(H,64,73)(H,65,70)(H4,52,53,56)/t35-,36-,37+,38-,39-,40-,41+/m0/s1. The van der Waals surface area contributed by atoms with E-state index in [0.717, 1.165) is 38.9 Å². The van der Waals surface area contributed by atoms with Gasteiger partial charge in [0.2, 0.25) is 53.2 Å². The summed E-state index contributed by atoms with van der Waals surface area (Å²) >= 11 is 0. The minimum atomic E-state index is -1.37. The molecule has 0 aliphatic carbocycles. The third-order valence-corrected chi connectivity index (χ3v) is 14.6. The number of aromatic amines is 2. The molecule has 16 N–H and O–H groups in total. The van der Waals surface area contributed by atoms with Crippen molar-refractivity contribution < 1.29 is 43.2 Å². The van der Waals surface area contributed by atoms with Crippen molar-refractivity contribution in [3.05, 3.63) is 90.1 Å². The summed E-state index contributed by atoms with van der Waals surface area (Å²) in [5, 5.41) is 33.0. The van der Waals surface area contributed by atoms with Crippen molar-refractivity contribution in [3.8, 4) is 0 Å². The fourth-order valence-electron chi connectivity index (χ4n) is 8.15. The Morgan fingerprint density at radius 3 is 2.12 bits per heavy atom. The largest absolute Gasteiger partial charge is 0.370 e. The van der Waals surface area contributed by atoms with E-state index in [-0.39, 0.29) is 75.5 Å². The molecule has 4 aromatic rings. The number of nitrogens with two attached hydrogens (primary N) is 2. The van der Waals surface area contributed by atoms with E-state index >= 15 is 0 Å². The first-order valence-electron chi connectivity index (χ1n) is 25.0. The molecule has 0 spiro atoms. The van der Waals surface area contributed by atoms with E-state index in [2.05, 4.69) is 62.8 Å². The van der Waals surface area contributed by atoms with Gasteiger partial charge in [0.1, 0.15) is 42.3 Å². The first kappa shape index (κ1) is 59.3. The predicted octanol–water partition coefficient (Wildman–Crippen LogP) is -0.437. The maximum absolute atomic E-state index is 14.6. The van der Waals surface area contributed by atoms with E-state index in [4.69, 9.17) is 16.9 Å². The molecule has 410 valence electrons. The number of benzene rings is 2. The highest BCUT2D eigenvalue weighted by atomic mass is 33.1. The van der Waals surface area contributed by atoms with Gasteiger partial charge in [-0.1, -0.05) is 89.9 Å². The number of fused-ring (bicyclic) bond motifs is 1. The molecule has 2 aromatic carbocycles. The monoisotopic (exact) mass is 1090 g/mol. The Hall–Kier alpha value is -7.61. The van der Waals surface area contributed by atoms with Crippen LogP contribution in [0.2, 0.25) is 0 Å². The number of imidazole rings is 1. The molecule has 1 aliphatic rings. The van der Waals surface area contributed by atoms with Gasteiger partial charge in [-0.2, -0.15) is 0 Å². The summed E-state index contributed by atoms with van der Waals surface area (Å²) < 4.78 is 0. The number of carbonyl (C=O) groups excluding carboxylic acids is 9. The third kappa shape index (κ3) is 19.6. The first-order chi connectivity index (χ1) is 36.5. The van der Waals surface area contributed by atoms with Crippen LogP contribution in [0.1, 0.15) is 75.6 Å². The van der Waals surface area contributed by atoms with Crippen LogP contribution in [0.15, 0.2) is 73.3 Å². The van der Waals surface area contributed by atoms with Crippen molar-refractivity contribution >= 4 is 91.6 Å². The molecular formula is C50H69N15O9S2. The molecule has 1 saturated heterocycles. The van der Waals surface area contributed by atoms with E-state index in [1.54, 1.807) is 42.7 Å². The van der Waals surface area contributed by atoms with Crippen molar-refractivity contribution in [1.29, 1.82) is 5.41 Å². The van der Waals surface area contributed by atoms with Gasteiger partial charge in [0.05, 0.1) is 12.0 Å². The maximum Gasteiger partial charge on any atom is 0.243 e. The second kappa shape index (κ2) is 30.7. The van der Waals surface area contributed by atoms with Crippen LogP contribution < -0.4 is 59.3 Å². The van der Waals surface area contributed by atoms with Crippen molar-refractivity contribution in [2.24, 2.45) is 11.5 Å². The Morgan fingerprint density at radius 1 is 0.776 bits per heavy atom. The fourth-order valence-corrected chi connectivity index (χ4v) is 10.5. The van der Waals surface area contributed by atoms with E-state index in [1.807, 2.05) is 31.2 Å². The zero-order chi connectivity index (χ0) is 55.0. The number of hydrogen-bond acceptors (Lipinski definition) is 13. The molecule has 1 aliphatic heterocycles. The number of hydrogen-bond donors (Lipinski definition) is 14. The normalized spacial score (nSPS) is 21.4. The highest BCUT2D eigenvalue weighted by molar-refractivity contribution is 8.76. The predicted molar refractivity (Wildman–Crippen MR) is 289 cm³/mol. The van der Waals surface area contributed by atoms with Crippen molar-refractivity contribution in [1.82, 2.24) is 62.8 Å². The molecule has 3 heterocycles. The summed E-state index contributed by atoms with van der Waals surface area (Å²) in [7, 11) is 2.18. The number of H-pyrrole nitrogens is 2. The summed E-state index contributed by atoms with van der Waals surface area (Å²) in [6.07, 6.45) is 6.20. The number of rotatable bonds is 17. The smallest absolute Gasteiger partial charge is 0.243 e. The van der Waals surface area contributed by atoms with Gasteiger partial charge in [-0.25, -0.2) is 4.98 Å². The van der Waals surface area contributed by atoms with Crippen LogP contribution >= 0.6 is 21.6 Å². The van der Waals surface area contributed by atoms with E-state index in [0.29, 0.717) is 29.7 Å². The van der Waals surface area contributed by atoms with E-state index in [9.17, 15) is 43.2 Å². The van der Waals surface area contributed by atoms with Crippen LogP contribution in [-0.4, -0.2) is 141 Å². The average Bonchev–Trinajstić information content (AvgIpc) is 4.07. The molecule has 0 unspecified atom stereocenters. The van der Waals surface area contributed by atoms with Crippen molar-refractivity contribution in [3.63, 3.8) is 0 Å². The molecule has 2 aromatic heterocycles. The molecule has 9 amide bonds. The van der Waals surface area contributed by atoms with Crippen LogP contribution in [0.25, 0.3) is 10.9 Å². The van der Waals surface area contributed by atoms with E-state index < -0.39 is 95.5 Å². The Kier molecular flexibility index (Phi) is 23.9. The van der Waals surface area contributed by atoms with Crippen LogP contribution in [0.5, 0.6) is 0 Å². The minimum absolute atomic E-state index is 0.0226. The number of nitrogens with one attached hydrogen (secondary N) is 12. The van der Waals surface area contributed by atoms with Crippen LogP contribution in [-0.2, 0) is 62.4 Å². The summed E-state index contributed by atoms with van der Waals surface area (Å²) in [5.74, 6) is -6.68. The number of aromatic nitrogens is 3. The second-order valence-corrected chi connectivity index (χ2v) is 20.7. The molecule has 5 rings (SSSR count). The molecule has 24 nitrogen and oxygen atoms in total. The lowest BCUT2D eigenvalue weighted by Crippen LogP contribution is -2.60. The zero-order valence-electron chi connectivity index (χ0n) is 42.5. The molecule has 0 bridgehead atoms. The molecular weight excluding hydrogens is 1020 g/mol. The maximum atomic E-state index is 14.6. The quantitative estimate of drug-likeness (QED) is 0.0276. The number of amides is 9. The van der Waals surface area contributed by atoms with Gasteiger partial charge < -0.3 is 69.3 Å². The Labute approximate surface area is 447 Å². The fraction of sp³-hybridized carbons (Fsp3) is 0.460. The van der Waals surface area contributed by atoms with Gasteiger partial charge in [0.15, 0.2) is 5.96 Å². The zero-order valence-corrected chi connectivity index (χ0v) is 44.1. The highest BCUT2D eigenvalue weighted by Gasteiger charge is 2.34. The molecule has 0 radical (unpaired) electrons. The van der Waals surface area contributed by atoms with Gasteiger partial charge in [-0.05, 0) is 42.9 Å². The van der Waals surface area contributed by atoms with Crippen LogP contribution in [0.4, 0.5) is 0 Å². The van der Waals surface area contributed by atoms with Gasteiger partial charge in [-0.3, -0.25) is 48.6 Å². The number of para-hydroxylation sites is 1. The molecule has 7 atom stereocenters. The van der Waals surface area contributed by atoms with Crippen LogP contribution in [0.3, 0.4) is 0 Å². The van der Waals surface area contributed by atoms with Gasteiger partial charge in [0, 0.05) is 80.5 Å². The number of primary amides is 1. The summed E-state index contributed by atoms with van der Waals surface area (Å²) in [6.45, 7) is 3.32. The molecule has 0 saturated carbocycles. The average molecular weight is 1090 g/mol. The van der Waals surface area contributed by atoms with Gasteiger partial charge in [0.25, 0.3) is 0 Å².